The van der Waals surface area contributed by atoms with Crippen LogP contribution in [0.1, 0.15) is 78.4 Å². The van der Waals surface area contributed by atoms with Crippen molar-refractivity contribution in [3.8, 4) is 0 Å². The lowest BCUT2D eigenvalue weighted by Crippen LogP contribution is -2.61. The zero-order chi connectivity index (χ0) is 36.1. The third kappa shape index (κ3) is 7.94. The molecule has 1 aromatic rings. The fourth-order valence-electron chi connectivity index (χ4n) is 8.48. The number of aliphatic hydroxyl groups excluding tert-OH is 1. The Morgan fingerprint density at radius 1 is 1.16 bits per heavy atom. The number of fused-ring (bicyclic) bond motifs is 1. The van der Waals surface area contributed by atoms with Gasteiger partial charge in [-0.15, -0.1) is 13.2 Å². The molecule has 7 atom stereocenters. The summed E-state index contributed by atoms with van der Waals surface area (Å²) in [5.41, 5.74) is -1.31. The Hall–Kier alpha value is -3.54. The number of aliphatic hydroxyl groups is 1. The zero-order valence-corrected chi connectivity index (χ0v) is 30.0. The van der Waals surface area contributed by atoms with Crippen molar-refractivity contribution in [3.05, 3.63) is 61.2 Å². The van der Waals surface area contributed by atoms with Crippen molar-refractivity contribution in [1.82, 2.24) is 15.1 Å². The van der Waals surface area contributed by atoms with E-state index in [0.717, 1.165) is 0 Å². The number of hydrogen-bond donors (Lipinski definition) is 2. The van der Waals surface area contributed by atoms with Crippen LogP contribution in [-0.2, 0) is 33.4 Å². The van der Waals surface area contributed by atoms with E-state index in [0.29, 0.717) is 31.2 Å². The van der Waals surface area contributed by atoms with Crippen molar-refractivity contribution in [2.24, 2.45) is 17.3 Å². The van der Waals surface area contributed by atoms with Gasteiger partial charge in [0.25, 0.3) is 0 Å². The Bertz CT molecular complexity index is 1370. The lowest BCUT2D eigenvalue weighted by atomic mass is 9.70. The second kappa shape index (κ2) is 15.6. The molecular weight excluding hydrogens is 626 g/mol. The minimum absolute atomic E-state index is 0.0634. The van der Waals surface area contributed by atoms with E-state index in [1.165, 1.54) is 12.0 Å². The van der Waals surface area contributed by atoms with Crippen LogP contribution in [0.4, 0.5) is 0 Å². The standard InChI is InChI=1S/C38H55N3O8/c1-9-11-17-28(43)39-26(23-47-8)31(25-15-13-12-14-16-25)48-35(46)29-27-18-19-38(49-27)30(29)33(44)40(21-22-42)32(38)34(45)41(20-10-2)37(6,7)24-36(3,4)5/h9-10,12-16,26-27,29-32,42H,1-2,11,17-24H2,3-8H3,(H,39,43)/t26-,27+,29-,30-,31-,32+,38-/m0/s1. The summed E-state index contributed by atoms with van der Waals surface area (Å²) in [6.45, 7) is 17.8. The Balaban J connectivity index is 1.70. The highest BCUT2D eigenvalue weighted by atomic mass is 16.6. The topological polar surface area (TPSA) is 135 Å². The summed E-state index contributed by atoms with van der Waals surface area (Å²) in [6.07, 6.45) is 4.01. The molecule has 1 aromatic carbocycles. The Morgan fingerprint density at radius 2 is 1.86 bits per heavy atom. The van der Waals surface area contributed by atoms with Crippen LogP contribution >= 0.6 is 0 Å². The Morgan fingerprint density at radius 3 is 2.45 bits per heavy atom. The molecule has 1 spiro atoms. The van der Waals surface area contributed by atoms with Gasteiger partial charge >= 0.3 is 5.97 Å². The molecule has 0 saturated carbocycles. The fraction of sp³-hybridized carbons (Fsp3) is 0.632. The average molecular weight is 682 g/mol. The first-order valence-electron chi connectivity index (χ1n) is 17.3. The molecule has 4 rings (SSSR count). The Kier molecular flexibility index (Phi) is 12.2. The maximum atomic E-state index is 14.7. The first kappa shape index (κ1) is 38.3. The van der Waals surface area contributed by atoms with Crippen molar-refractivity contribution in [1.29, 1.82) is 0 Å². The van der Waals surface area contributed by atoms with Crippen LogP contribution in [0.15, 0.2) is 55.6 Å². The summed E-state index contributed by atoms with van der Waals surface area (Å²) in [7, 11) is 1.50. The number of esters is 1. The molecule has 2 N–H and O–H groups in total. The molecule has 3 saturated heterocycles. The number of nitrogens with one attached hydrogen (secondary N) is 1. The molecule has 2 bridgehead atoms. The van der Waals surface area contributed by atoms with Gasteiger partial charge in [0.1, 0.15) is 17.7 Å². The molecule has 0 unspecified atom stereocenters. The number of carbonyl (C=O) groups is 4. The molecule has 3 aliphatic rings. The van der Waals surface area contributed by atoms with Gasteiger partial charge in [-0.25, -0.2) is 0 Å². The van der Waals surface area contributed by atoms with Gasteiger partial charge in [-0.2, -0.15) is 0 Å². The quantitative estimate of drug-likeness (QED) is 0.187. The van der Waals surface area contributed by atoms with E-state index in [1.54, 1.807) is 29.2 Å². The lowest BCUT2D eigenvalue weighted by Gasteiger charge is -2.45. The Labute approximate surface area is 291 Å². The zero-order valence-electron chi connectivity index (χ0n) is 30.0. The molecule has 0 radical (unpaired) electrons. The fourth-order valence-corrected chi connectivity index (χ4v) is 8.48. The maximum Gasteiger partial charge on any atom is 0.313 e. The number of nitrogens with zero attached hydrogens (tertiary/aromatic N) is 2. The van der Waals surface area contributed by atoms with E-state index in [-0.39, 0.29) is 50.0 Å². The van der Waals surface area contributed by atoms with Crippen LogP contribution in [0.2, 0.25) is 0 Å². The molecule has 270 valence electrons. The third-order valence-electron chi connectivity index (χ3n) is 9.92. The summed E-state index contributed by atoms with van der Waals surface area (Å²) in [6, 6.07) is 7.33. The SMILES string of the molecule is C=CCCC(=O)N[C@@H](COC)[C@@H](OC(=O)[C@@H]1[C@H]2C(=O)N(CCO)[C@H](C(=O)N(CC=C)C(C)(C)CC(C)(C)C)[C@]23CC[C@H]1O3)c1ccccc1. The second-order valence-corrected chi connectivity index (χ2v) is 15.3. The van der Waals surface area contributed by atoms with E-state index >= 15 is 0 Å². The van der Waals surface area contributed by atoms with Gasteiger partial charge in [0, 0.05) is 32.2 Å². The molecule has 3 fully saturated rings. The highest BCUT2D eigenvalue weighted by Crippen LogP contribution is 2.59. The van der Waals surface area contributed by atoms with Crippen LogP contribution in [0.25, 0.3) is 0 Å². The van der Waals surface area contributed by atoms with Crippen molar-refractivity contribution >= 4 is 23.7 Å². The van der Waals surface area contributed by atoms with Gasteiger partial charge in [-0.1, -0.05) is 63.3 Å². The van der Waals surface area contributed by atoms with E-state index < -0.39 is 59.1 Å². The van der Waals surface area contributed by atoms with E-state index in [9.17, 15) is 24.3 Å². The van der Waals surface area contributed by atoms with Crippen LogP contribution in [-0.4, -0.2) is 101 Å². The van der Waals surface area contributed by atoms with Crippen molar-refractivity contribution in [2.45, 2.75) is 102 Å². The second-order valence-electron chi connectivity index (χ2n) is 15.3. The average Bonchev–Trinajstić information content (AvgIpc) is 3.67. The van der Waals surface area contributed by atoms with Crippen LogP contribution in [0.3, 0.4) is 0 Å². The number of likely N-dealkylation sites (tertiary alicyclic amines) is 1. The van der Waals surface area contributed by atoms with Crippen molar-refractivity contribution in [3.63, 3.8) is 0 Å². The van der Waals surface area contributed by atoms with Gasteiger partial charge in [0.15, 0.2) is 0 Å². The minimum Gasteiger partial charge on any atom is -0.455 e. The summed E-state index contributed by atoms with van der Waals surface area (Å²) < 4.78 is 18.3. The molecule has 0 aromatic heterocycles. The number of β-amino-alcohol motifs (C(OH)–C–C–N with tert-alkyl or cyclic N) is 1. The monoisotopic (exact) mass is 681 g/mol. The maximum absolute atomic E-state index is 14.7. The predicted molar refractivity (Wildman–Crippen MR) is 185 cm³/mol. The highest BCUT2D eigenvalue weighted by Gasteiger charge is 2.75. The molecule has 49 heavy (non-hydrogen) atoms. The van der Waals surface area contributed by atoms with E-state index in [4.69, 9.17) is 14.2 Å². The molecule has 11 nitrogen and oxygen atoms in total. The van der Waals surface area contributed by atoms with Crippen LogP contribution in [0.5, 0.6) is 0 Å². The number of carbonyl (C=O) groups excluding carboxylic acids is 4. The van der Waals surface area contributed by atoms with Crippen LogP contribution < -0.4 is 5.32 Å². The summed E-state index contributed by atoms with van der Waals surface area (Å²) in [5, 5.41) is 13.0. The first-order chi connectivity index (χ1) is 23.2. The van der Waals surface area contributed by atoms with Gasteiger partial charge in [-0.05, 0) is 50.5 Å². The summed E-state index contributed by atoms with van der Waals surface area (Å²) in [4.78, 5) is 59.4. The summed E-state index contributed by atoms with van der Waals surface area (Å²) in [5.74, 6) is -3.56. The molecule has 11 heteroatoms. The van der Waals surface area contributed by atoms with Gasteiger partial charge < -0.3 is 34.4 Å². The van der Waals surface area contributed by atoms with Gasteiger partial charge in [0.05, 0.1) is 37.2 Å². The molecule has 0 aliphatic carbocycles. The van der Waals surface area contributed by atoms with Crippen LogP contribution in [0, 0.1) is 17.3 Å². The van der Waals surface area contributed by atoms with Crippen molar-refractivity contribution < 1.29 is 38.5 Å². The number of hydrogen-bond acceptors (Lipinski definition) is 8. The molecule has 3 aliphatic heterocycles. The van der Waals surface area contributed by atoms with Crippen molar-refractivity contribution in [2.75, 3.05) is 33.4 Å². The largest absolute Gasteiger partial charge is 0.455 e. The summed E-state index contributed by atoms with van der Waals surface area (Å²) >= 11 is 0. The smallest absolute Gasteiger partial charge is 0.313 e. The first-order valence-corrected chi connectivity index (χ1v) is 17.3. The number of allylic oxidation sites excluding steroid dienone is 1. The lowest BCUT2D eigenvalue weighted by molar-refractivity contribution is -0.163. The van der Waals surface area contributed by atoms with E-state index in [2.05, 4.69) is 39.2 Å². The number of ether oxygens (including phenoxy) is 3. The number of rotatable bonds is 17. The normalized spacial score (nSPS) is 25.8. The number of amides is 3. The predicted octanol–water partition coefficient (Wildman–Crippen LogP) is 3.96. The number of benzene rings is 1. The minimum atomic E-state index is -1.26. The molecule has 3 heterocycles. The van der Waals surface area contributed by atoms with Gasteiger partial charge in [0.2, 0.25) is 17.7 Å². The van der Waals surface area contributed by atoms with Gasteiger partial charge in [-0.3, -0.25) is 19.2 Å². The van der Waals surface area contributed by atoms with E-state index in [1.807, 2.05) is 32.0 Å². The molecular formula is C38H55N3O8. The highest BCUT2D eigenvalue weighted by molar-refractivity contribution is 5.98. The molecule has 3 amide bonds. The number of methoxy groups -OCH3 is 1. The third-order valence-corrected chi connectivity index (χ3v) is 9.92.